The largest absolute Gasteiger partial charge is 2.00 e. The van der Waals surface area contributed by atoms with E-state index in [2.05, 4.69) is 102 Å². The summed E-state index contributed by atoms with van der Waals surface area (Å²) in [4.78, 5) is 13.1. The molecule has 0 fully saturated rings. The van der Waals surface area contributed by atoms with Gasteiger partial charge in [0.2, 0.25) is 0 Å². The molecule has 0 amide bonds. The van der Waals surface area contributed by atoms with Gasteiger partial charge in [0.25, 0.3) is 0 Å². The number of aliphatic imine (C=N–C) groups is 2. The molecule has 0 aromatic heterocycles. The average molecular weight is 426 g/mol. The standard InChI is InChI=1S/2C11H23N2.Co/c2*1-6-10(4)12-9-13(8-3)11(5)7-2;/h2*10-11H,6-8H2,1-5H3;/q2*-1;+2. The van der Waals surface area contributed by atoms with Crippen LogP contribution in [-0.2, 0) is 16.8 Å². The minimum Gasteiger partial charge on any atom is -0.535 e. The number of hydrogen-bond donors (Lipinski definition) is 0. The van der Waals surface area contributed by atoms with Gasteiger partial charge in [0, 0.05) is 12.1 Å². The topological polar surface area (TPSA) is 31.2 Å². The van der Waals surface area contributed by atoms with Crippen LogP contribution < -0.4 is 0 Å². The average Bonchev–Trinajstić information content (AvgIpc) is 2.67. The smallest absolute Gasteiger partial charge is 0.535 e. The van der Waals surface area contributed by atoms with Crippen LogP contribution in [0.2, 0.25) is 0 Å². The van der Waals surface area contributed by atoms with Crippen molar-refractivity contribution < 1.29 is 16.8 Å². The van der Waals surface area contributed by atoms with Gasteiger partial charge in [-0.05, 0) is 78.6 Å². The first-order valence-electron chi connectivity index (χ1n) is 10.7. The van der Waals surface area contributed by atoms with E-state index >= 15 is 0 Å². The molecule has 4 nitrogen and oxygen atoms in total. The maximum Gasteiger partial charge on any atom is 2.00 e. The molecular formula is C22H46CoN4. The van der Waals surface area contributed by atoms with E-state index in [1.165, 1.54) is 0 Å². The van der Waals surface area contributed by atoms with Crippen molar-refractivity contribution in [3.05, 3.63) is 0 Å². The minimum atomic E-state index is 0. The van der Waals surface area contributed by atoms with E-state index in [1.807, 2.05) is 0 Å². The predicted molar refractivity (Wildman–Crippen MR) is 119 cm³/mol. The van der Waals surface area contributed by atoms with Crippen molar-refractivity contribution >= 4 is 12.7 Å². The van der Waals surface area contributed by atoms with Gasteiger partial charge in [-0.2, -0.15) is 0 Å². The van der Waals surface area contributed by atoms with E-state index in [-0.39, 0.29) is 16.8 Å². The molecule has 0 saturated heterocycles. The molecule has 0 aliphatic carbocycles. The number of hydrogen-bond acceptors (Lipinski definition) is 2. The molecule has 0 rings (SSSR count). The van der Waals surface area contributed by atoms with Crippen LogP contribution in [0.3, 0.4) is 0 Å². The van der Waals surface area contributed by atoms with Gasteiger partial charge in [-0.25, -0.2) is 0 Å². The molecule has 0 saturated carbocycles. The summed E-state index contributed by atoms with van der Waals surface area (Å²) in [6, 6.07) is 1.91. The second kappa shape index (κ2) is 20.2. The molecule has 4 atom stereocenters. The van der Waals surface area contributed by atoms with Crippen molar-refractivity contribution in [3.8, 4) is 0 Å². The van der Waals surface area contributed by atoms with Crippen molar-refractivity contribution in [2.75, 3.05) is 13.1 Å². The van der Waals surface area contributed by atoms with Gasteiger partial charge in [-0.1, -0.05) is 41.5 Å². The minimum absolute atomic E-state index is 0. The maximum absolute atomic E-state index is 4.36. The summed E-state index contributed by atoms with van der Waals surface area (Å²) in [5.41, 5.74) is 0. The van der Waals surface area contributed by atoms with Crippen LogP contribution in [-0.4, -0.2) is 59.7 Å². The fraction of sp³-hybridized carbons (Fsp3) is 0.909. The van der Waals surface area contributed by atoms with E-state index < -0.39 is 0 Å². The molecule has 5 heteroatoms. The molecule has 0 bridgehead atoms. The van der Waals surface area contributed by atoms with E-state index in [0.717, 1.165) is 38.8 Å². The molecule has 0 spiro atoms. The van der Waals surface area contributed by atoms with Gasteiger partial charge in [0.15, 0.2) is 0 Å². The SMILES string of the molecule is CCC(C)N=[C-]N(CC)C(C)CC.CCC(C)N=[C-]N(CC)C(C)CC.[Co+2]. The first-order valence-corrected chi connectivity index (χ1v) is 10.7. The Morgan fingerprint density at radius 3 is 1.07 bits per heavy atom. The molecule has 4 unspecified atom stereocenters. The molecule has 0 aromatic carbocycles. The Balaban J connectivity index is -0.000000411. The van der Waals surface area contributed by atoms with Crippen LogP contribution >= 0.6 is 0 Å². The van der Waals surface area contributed by atoms with E-state index in [4.69, 9.17) is 0 Å². The molecular weight excluding hydrogens is 379 g/mol. The van der Waals surface area contributed by atoms with Crippen LogP contribution in [0.4, 0.5) is 0 Å². The molecule has 1 radical (unpaired) electrons. The quantitative estimate of drug-likeness (QED) is 0.176. The maximum atomic E-state index is 4.36. The van der Waals surface area contributed by atoms with Gasteiger partial charge in [0.05, 0.1) is 0 Å². The van der Waals surface area contributed by atoms with Crippen molar-refractivity contribution in [3.63, 3.8) is 0 Å². The second-order valence-electron chi connectivity index (χ2n) is 7.06. The van der Waals surface area contributed by atoms with Crippen LogP contribution in [0.5, 0.6) is 0 Å². The summed E-state index contributed by atoms with van der Waals surface area (Å²) < 4.78 is 0. The zero-order valence-corrected chi connectivity index (χ0v) is 20.7. The Labute approximate surface area is 181 Å². The zero-order valence-electron chi connectivity index (χ0n) is 19.7. The van der Waals surface area contributed by atoms with E-state index in [9.17, 15) is 0 Å². The third-order valence-electron chi connectivity index (χ3n) is 4.92. The zero-order chi connectivity index (χ0) is 20.5. The van der Waals surface area contributed by atoms with Gasteiger partial charge >= 0.3 is 16.8 Å². The van der Waals surface area contributed by atoms with Crippen molar-refractivity contribution in [1.29, 1.82) is 0 Å². The normalized spacial score (nSPS) is 15.5. The van der Waals surface area contributed by atoms with Crippen molar-refractivity contribution in [2.45, 2.75) is 119 Å². The summed E-state index contributed by atoms with van der Waals surface area (Å²) in [5.74, 6) is 0. The van der Waals surface area contributed by atoms with Gasteiger partial charge in [0.1, 0.15) is 0 Å². The summed E-state index contributed by atoms with van der Waals surface area (Å²) >= 11 is 0. The fourth-order valence-corrected chi connectivity index (χ4v) is 1.93. The third-order valence-corrected chi connectivity index (χ3v) is 4.92. The second-order valence-corrected chi connectivity index (χ2v) is 7.06. The summed E-state index contributed by atoms with van der Waals surface area (Å²) in [7, 11) is 0. The molecule has 163 valence electrons. The Morgan fingerprint density at radius 1 is 0.593 bits per heavy atom. The summed E-state index contributed by atoms with van der Waals surface area (Å²) in [6.07, 6.45) is 10.7. The monoisotopic (exact) mass is 425 g/mol. The molecule has 0 N–H and O–H groups in total. The van der Waals surface area contributed by atoms with Crippen molar-refractivity contribution in [2.24, 2.45) is 9.98 Å². The van der Waals surface area contributed by atoms with Gasteiger partial charge in [-0.3, -0.25) is 12.7 Å². The molecule has 0 heterocycles. The van der Waals surface area contributed by atoms with Gasteiger partial charge < -0.3 is 19.8 Å². The summed E-state index contributed by atoms with van der Waals surface area (Å²) in [5, 5.41) is 0. The molecule has 0 aromatic rings. The first kappa shape index (κ1) is 31.2. The van der Waals surface area contributed by atoms with Crippen LogP contribution in [0.1, 0.15) is 94.9 Å². The molecule has 0 aliphatic heterocycles. The third kappa shape index (κ3) is 16.1. The van der Waals surface area contributed by atoms with Gasteiger partial charge in [-0.15, -0.1) is 0 Å². The van der Waals surface area contributed by atoms with Crippen LogP contribution in [0.25, 0.3) is 0 Å². The Hall–Kier alpha value is -0.554. The number of nitrogens with zero attached hydrogens (tertiary/aromatic N) is 4. The predicted octanol–water partition coefficient (Wildman–Crippen LogP) is 5.62. The van der Waals surface area contributed by atoms with Crippen molar-refractivity contribution in [1.82, 2.24) is 9.80 Å². The Kier molecular flexibility index (Phi) is 23.3. The fourth-order valence-electron chi connectivity index (χ4n) is 1.93. The van der Waals surface area contributed by atoms with E-state index in [0.29, 0.717) is 24.2 Å². The van der Waals surface area contributed by atoms with E-state index in [1.54, 1.807) is 0 Å². The van der Waals surface area contributed by atoms with Crippen LogP contribution in [0, 0.1) is 0 Å². The summed E-state index contributed by atoms with van der Waals surface area (Å²) in [6.45, 7) is 23.6. The van der Waals surface area contributed by atoms with Crippen LogP contribution in [0.15, 0.2) is 9.98 Å². The molecule has 27 heavy (non-hydrogen) atoms. The molecule has 0 aliphatic rings. The first-order chi connectivity index (χ1) is 12.3. The Morgan fingerprint density at radius 2 is 0.889 bits per heavy atom. The number of rotatable bonds is 12. The Bertz CT molecular complexity index is 326.